The summed E-state index contributed by atoms with van der Waals surface area (Å²) >= 11 is 0. The van der Waals surface area contributed by atoms with Crippen LogP contribution in [0.25, 0.3) is 0 Å². The second-order valence-corrected chi connectivity index (χ2v) is 17.1. The zero-order chi connectivity index (χ0) is 43.7. The molecule has 348 valence electrons. The molecule has 0 saturated heterocycles. The second-order valence-electron chi connectivity index (χ2n) is 17.1. The molecule has 0 N–H and O–H groups in total. The standard InChI is InChI=1S/C54H96O6/c1-4-7-10-13-16-19-22-25-27-28-30-32-35-38-41-44-47-53(56)59-50-51(49-58-52(55)46-43-40-37-34-31-24-21-18-15-12-9-6-3)60-54(57)48-45-42-39-36-33-29-26-23-20-17-14-11-8-5-2/h8,11,17,20,27-28,30,32,51H,4-7,9-10,12-16,18-19,21-26,29,31,33-50H2,1-3H3/b11-8-,20-17-,28-27-,32-30-. The van der Waals surface area contributed by atoms with Gasteiger partial charge in [-0.1, -0.05) is 217 Å². The molecule has 0 amide bonds. The number of hydrogen-bond donors (Lipinski definition) is 0. The zero-order valence-corrected chi connectivity index (χ0v) is 39.7. The van der Waals surface area contributed by atoms with Crippen LogP contribution in [-0.2, 0) is 28.6 Å². The molecular weight excluding hydrogens is 745 g/mol. The minimum Gasteiger partial charge on any atom is -0.462 e. The van der Waals surface area contributed by atoms with Crippen molar-refractivity contribution in [1.29, 1.82) is 0 Å². The van der Waals surface area contributed by atoms with Crippen molar-refractivity contribution in [1.82, 2.24) is 0 Å². The van der Waals surface area contributed by atoms with Crippen molar-refractivity contribution >= 4 is 17.9 Å². The molecular formula is C54H96O6. The predicted molar refractivity (Wildman–Crippen MR) is 256 cm³/mol. The molecule has 0 bridgehead atoms. The number of carbonyl (C=O) groups is 3. The fraction of sp³-hybridized carbons (Fsp3) is 0.796. The Labute approximate surface area is 371 Å². The molecule has 0 aliphatic carbocycles. The molecule has 6 heteroatoms. The third kappa shape index (κ3) is 46.4. The topological polar surface area (TPSA) is 78.9 Å². The van der Waals surface area contributed by atoms with Gasteiger partial charge in [0, 0.05) is 19.3 Å². The van der Waals surface area contributed by atoms with E-state index in [1.54, 1.807) is 0 Å². The Bertz CT molecular complexity index is 1060. The van der Waals surface area contributed by atoms with Crippen molar-refractivity contribution in [3.63, 3.8) is 0 Å². The number of carbonyl (C=O) groups excluding carboxylic acids is 3. The SMILES string of the molecule is CC/C=C\C/C=C\CCCCCCCCCC(=O)OC(COC(=O)CCCCC/C=C\C=C/CCCCCCCCC)COC(=O)CCCCCCCCCCCCCC. The monoisotopic (exact) mass is 841 g/mol. The van der Waals surface area contributed by atoms with Crippen LogP contribution >= 0.6 is 0 Å². The summed E-state index contributed by atoms with van der Waals surface area (Å²) < 4.78 is 16.8. The van der Waals surface area contributed by atoms with Crippen molar-refractivity contribution < 1.29 is 28.6 Å². The molecule has 0 spiro atoms. The van der Waals surface area contributed by atoms with Gasteiger partial charge in [-0.15, -0.1) is 0 Å². The largest absolute Gasteiger partial charge is 0.462 e. The number of esters is 3. The number of rotatable bonds is 46. The number of hydrogen-bond acceptors (Lipinski definition) is 6. The third-order valence-electron chi connectivity index (χ3n) is 11.1. The summed E-state index contributed by atoms with van der Waals surface area (Å²) in [6.07, 6.45) is 58.1. The first-order chi connectivity index (χ1) is 29.5. The minimum absolute atomic E-state index is 0.0828. The van der Waals surface area contributed by atoms with Crippen LogP contribution in [-0.4, -0.2) is 37.2 Å². The number of allylic oxidation sites excluding steroid dienone is 8. The molecule has 1 unspecified atom stereocenters. The second kappa shape index (κ2) is 49.0. The molecule has 0 aliphatic heterocycles. The average Bonchev–Trinajstić information content (AvgIpc) is 3.24. The number of ether oxygens (including phenoxy) is 3. The van der Waals surface area contributed by atoms with E-state index < -0.39 is 6.10 Å². The smallest absolute Gasteiger partial charge is 0.306 e. The Balaban J connectivity index is 4.41. The average molecular weight is 841 g/mol. The molecule has 0 radical (unpaired) electrons. The van der Waals surface area contributed by atoms with Crippen LogP contribution in [0.15, 0.2) is 48.6 Å². The van der Waals surface area contributed by atoms with Crippen molar-refractivity contribution in [3.8, 4) is 0 Å². The van der Waals surface area contributed by atoms with Crippen LogP contribution < -0.4 is 0 Å². The van der Waals surface area contributed by atoms with Crippen molar-refractivity contribution in [2.24, 2.45) is 0 Å². The summed E-state index contributed by atoms with van der Waals surface area (Å²) in [5.74, 6) is -0.913. The highest BCUT2D eigenvalue weighted by Crippen LogP contribution is 2.15. The van der Waals surface area contributed by atoms with Crippen molar-refractivity contribution in [3.05, 3.63) is 48.6 Å². The van der Waals surface area contributed by atoms with E-state index in [9.17, 15) is 14.4 Å². The Hall–Kier alpha value is -2.63. The van der Waals surface area contributed by atoms with E-state index >= 15 is 0 Å². The molecule has 0 rings (SSSR count). The first-order valence-corrected chi connectivity index (χ1v) is 25.7. The lowest BCUT2D eigenvalue weighted by Crippen LogP contribution is -2.30. The summed E-state index contributed by atoms with van der Waals surface area (Å²) in [7, 11) is 0. The first kappa shape index (κ1) is 57.4. The van der Waals surface area contributed by atoms with Crippen molar-refractivity contribution in [2.75, 3.05) is 13.2 Å². The van der Waals surface area contributed by atoms with E-state index in [1.165, 1.54) is 128 Å². The van der Waals surface area contributed by atoms with E-state index in [0.717, 1.165) is 89.9 Å². The maximum absolute atomic E-state index is 12.8. The van der Waals surface area contributed by atoms with Gasteiger partial charge < -0.3 is 14.2 Å². The molecule has 0 aromatic rings. The van der Waals surface area contributed by atoms with Gasteiger partial charge in [0.05, 0.1) is 0 Å². The van der Waals surface area contributed by atoms with Crippen LogP contribution in [0.4, 0.5) is 0 Å². The first-order valence-electron chi connectivity index (χ1n) is 25.7. The van der Waals surface area contributed by atoms with Crippen LogP contribution in [0, 0.1) is 0 Å². The Morgan fingerprint density at radius 1 is 0.367 bits per heavy atom. The summed E-state index contributed by atoms with van der Waals surface area (Å²) in [5, 5.41) is 0. The lowest BCUT2D eigenvalue weighted by molar-refractivity contribution is -0.167. The summed E-state index contributed by atoms with van der Waals surface area (Å²) in [4.78, 5) is 37.9. The predicted octanol–water partition coefficient (Wildman–Crippen LogP) is 16.7. The van der Waals surface area contributed by atoms with Gasteiger partial charge in [0.1, 0.15) is 13.2 Å². The van der Waals surface area contributed by atoms with Crippen LogP contribution in [0.3, 0.4) is 0 Å². The molecule has 0 aromatic heterocycles. The quantitative estimate of drug-likeness (QED) is 0.0200. The van der Waals surface area contributed by atoms with E-state index in [-0.39, 0.29) is 31.1 Å². The Morgan fingerprint density at radius 2 is 0.700 bits per heavy atom. The van der Waals surface area contributed by atoms with Gasteiger partial charge in [0.2, 0.25) is 0 Å². The van der Waals surface area contributed by atoms with Gasteiger partial charge in [-0.3, -0.25) is 14.4 Å². The van der Waals surface area contributed by atoms with Crippen LogP contribution in [0.5, 0.6) is 0 Å². The lowest BCUT2D eigenvalue weighted by atomic mass is 10.0. The minimum atomic E-state index is -0.784. The van der Waals surface area contributed by atoms with E-state index in [2.05, 4.69) is 69.4 Å². The van der Waals surface area contributed by atoms with Gasteiger partial charge >= 0.3 is 17.9 Å². The van der Waals surface area contributed by atoms with E-state index in [1.807, 2.05) is 0 Å². The molecule has 1 atom stereocenters. The highest BCUT2D eigenvalue weighted by atomic mass is 16.6. The summed E-state index contributed by atoms with van der Waals surface area (Å²) in [5.41, 5.74) is 0. The highest BCUT2D eigenvalue weighted by molar-refractivity contribution is 5.71. The normalized spacial score (nSPS) is 12.4. The zero-order valence-electron chi connectivity index (χ0n) is 39.7. The van der Waals surface area contributed by atoms with E-state index in [4.69, 9.17) is 14.2 Å². The molecule has 0 aliphatic rings. The molecule has 0 aromatic carbocycles. The molecule has 0 saturated carbocycles. The van der Waals surface area contributed by atoms with Crippen LogP contribution in [0.1, 0.15) is 258 Å². The number of unbranched alkanes of at least 4 members (excludes halogenated alkanes) is 28. The van der Waals surface area contributed by atoms with Gasteiger partial charge in [-0.25, -0.2) is 0 Å². The van der Waals surface area contributed by atoms with Gasteiger partial charge in [0.15, 0.2) is 6.10 Å². The molecule has 0 fully saturated rings. The highest BCUT2D eigenvalue weighted by Gasteiger charge is 2.19. The van der Waals surface area contributed by atoms with Gasteiger partial charge in [0.25, 0.3) is 0 Å². The molecule has 0 heterocycles. The fourth-order valence-electron chi connectivity index (χ4n) is 7.24. The maximum Gasteiger partial charge on any atom is 0.306 e. The summed E-state index contributed by atoms with van der Waals surface area (Å²) in [6.45, 7) is 6.51. The lowest BCUT2D eigenvalue weighted by Gasteiger charge is -2.18. The Kier molecular flexibility index (Phi) is 46.9. The van der Waals surface area contributed by atoms with E-state index in [0.29, 0.717) is 19.3 Å². The Morgan fingerprint density at radius 3 is 1.12 bits per heavy atom. The molecule has 6 nitrogen and oxygen atoms in total. The third-order valence-corrected chi connectivity index (χ3v) is 11.1. The maximum atomic E-state index is 12.8. The molecule has 60 heavy (non-hydrogen) atoms. The van der Waals surface area contributed by atoms with Gasteiger partial charge in [-0.05, 0) is 70.6 Å². The summed E-state index contributed by atoms with van der Waals surface area (Å²) in [6, 6.07) is 0. The fourth-order valence-corrected chi connectivity index (χ4v) is 7.24. The van der Waals surface area contributed by atoms with Crippen molar-refractivity contribution in [2.45, 2.75) is 264 Å². The van der Waals surface area contributed by atoms with Crippen LogP contribution in [0.2, 0.25) is 0 Å². The van der Waals surface area contributed by atoms with Gasteiger partial charge in [-0.2, -0.15) is 0 Å².